The highest BCUT2D eigenvalue weighted by Crippen LogP contribution is 2.35. The first kappa shape index (κ1) is 14.4. The van der Waals surface area contributed by atoms with Gasteiger partial charge in [-0.05, 0) is 25.1 Å². The fourth-order valence-corrected chi connectivity index (χ4v) is 1.97. The van der Waals surface area contributed by atoms with E-state index in [0.717, 1.165) is 12.8 Å². The summed E-state index contributed by atoms with van der Waals surface area (Å²) in [5.41, 5.74) is 5.66. The van der Waals surface area contributed by atoms with E-state index >= 15 is 0 Å². The summed E-state index contributed by atoms with van der Waals surface area (Å²) in [5.74, 6) is -0.423. The van der Waals surface area contributed by atoms with Crippen LogP contribution in [0.5, 0.6) is 5.75 Å². The summed E-state index contributed by atoms with van der Waals surface area (Å²) in [6.45, 7) is 0. The minimum Gasteiger partial charge on any atom is -0.489 e. The predicted octanol–water partition coefficient (Wildman–Crippen LogP) is 2.78. The largest absolute Gasteiger partial charge is 0.489 e. The second kappa shape index (κ2) is 5.93. The minimum absolute atomic E-state index is 0.0138. The van der Waals surface area contributed by atoms with Gasteiger partial charge in [0, 0.05) is 13.1 Å². The highest BCUT2D eigenvalue weighted by molar-refractivity contribution is 6.31. The van der Waals surface area contributed by atoms with Crippen LogP contribution < -0.4 is 10.5 Å². The quantitative estimate of drug-likeness (QED) is 0.868. The van der Waals surface area contributed by atoms with Gasteiger partial charge in [-0.25, -0.2) is 4.39 Å². The molecule has 0 unspecified atom stereocenters. The molecule has 0 bridgehead atoms. The summed E-state index contributed by atoms with van der Waals surface area (Å²) in [6, 6.07) is 3.29. The summed E-state index contributed by atoms with van der Waals surface area (Å²) >= 11 is 5.88. The van der Waals surface area contributed by atoms with Gasteiger partial charge in [-0.1, -0.05) is 11.6 Å². The molecule has 4 nitrogen and oxygen atoms in total. The van der Waals surface area contributed by atoms with E-state index in [9.17, 15) is 9.65 Å². The number of aliphatic imine (C=N–C) groups is 1. The number of nitrogens with two attached hydrogens (primary N) is 1. The molecule has 20 heavy (non-hydrogen) atoms. The maximum absolute atomic E-state index is 14.2. The summed E-state index contributed by atoms with van der Waals surface area (Å²) in [4.78, 5) is 3.94. The van der Waals surface area contributed by atoms with E-state index in [1.807, 2.05) is 6.07 Å². The first-order valence-electron chi connectivity index (χ1n) is 6.06. The molecule has 1 aliphatic rings. The molecular weight excluding hydrogens is 281 g/mol. The Labute approximate surface area is 121 Å². The fraction of sp³-hybridized carbons (Fsp3) is 0.286. The smallest absolute Gasteiger partial charge is 0.152 e. The van der Waals surface area contributed by atoms with Gasteiger partial charge in [0.15, 0.2) is 5.82 Å². The predicted molar refractivity (Wildman–Crippen MR) is 75.6 cm³/mol. The van der Waals surface area contributed by atoms with E-state index < -0.39 is 5.82 Å². The molecule has 0 radical (unpaired) electrons. The van der Waals surface area contributed by atoms with Crippen LogP contribution in [0.1, 0.15) is 24.0 Å². The highest BCUT2D eigenvalue weighted by atomic mass is 35.5. The summed E-state index contributed by atoms with van der Waals surface area (Å²) < 4.78 is 19.9. The van der Waals surface area contributed by atoms with Crippen molar-refractivity contribution < 1.29 is 9.13 Å². The van der Waals surface area contributed by atoms with Gasteiger partial charge >= 0.3 is 0 Å². The second-order valence-corrected chi connectivity index (χ2v) is 4.72. The van der Waals surface area contributed by atoms with Crippen LogP contribution in [0.4, 0.5) is 4.39 Å². The number of benzene rings is 1. The van der Waals surface area contributed by atoms with E-state index in [1.54, 1.807) is 0 Å². The Bertz CT molecular complexity index is 630. The molecule has 0 aromatic heterocycles. The molecule has 1 aliphatic carbocycles. The molecule has 2 N–H and O–H groups in total. The highest BCUT2D eigenvalue weighted by Gasteiger charge is 2.28. The second-order valence-electron chi connectivity index (χ2n) is 4.32. The van der Waals surface area contributed by atoms with Crippen molar-refractivity contribution in [3.63, 3.8) is 0 Å². The summed E-state index contributed by atoms with van der Waals surface area (Å²) in [6.07, 6.45) is 4.56. The number of nitriles is 1. The third-order valence-electron chi connectivity index (χ3n) is 2.86. The van der Waals surface area contributed by atoms with Crippen LogP contribution in [0.15, 0.2) is 23.3 Å². The maximum Gasteiger partial charge on any atom is 0.152 e. The van der Waals surface area contributed by atoms with Crippen LogP contribution in [-0.2, 0) is 0 Å². The summed E-state index contributed by atoms with van der Waals surface area (Å²) in [5, 5.41) is 9.20. The SMILES string of the molecule is CN=C(C=CN)c1c(F)c(Cl)cc(OC2CC2)c1C#N. The standard InChI is InChI=1S/C14H13ClFN3O/c1-19-11(4-5-17)13-9(7-18)12(20-8-2-3-8)6-10(15)14(13)16/h4-6,8H,2-3,17H2,1H3. The molecular formula is C14H13ClFN3O. The van der Waals surface area contributed by atoms with E-state index in [4.69, 9.17) is 22.1 Å². The Kier molecular flexibility index (Phi) is 4.26. The zero-order valence-electron chi connectivity index (χ0n) is 10.9. The van der Waals surface area contributed by atoms with Crippen molar-refractivity contribution in [2.45, 2.75) is 18.9 Å². The van der Waals surface area contributed by atoms with Crippen molar-refractivity contribution in [3.8, 4) is 11.8 Å². The Morgan fingerprint density at radius 3 is 2.85 bits per heavy atom. The lowest BCUT2D eigenvalue weighted by Crippen LogP contribution is -2.09. The molecule has 1 aromatic carbocycles. The van der Waals surface area contributed by atoms with E-state index in [-0.39, 0.29) is 33.7 Å². The van der Waals surface area contributed by atoms with Gasteiger partial charge in [0.25, 0.3) is 0 Å². The van der Waals surface area contributed by atoms with Gasteiger partial charge in [-0.3, -0.25) is 4.99 Å². The molecule has 0 aliphatic heterocycles. The fourth-order valence-electron chi connectivity index (χ4n) is 1.77. The zero-order valence-corrected chi connectivity index (χ0v) is 11.6. The van der Waals surface area contributed by atoms with Crippen molar-refractivity contribution in [1.29, 1.82) is 5.26 Å². The van der Waals surface area contributed by atoms with Gasteiger partial charge in [0.05, 0.1) is 22.4 Å². The lowest BCUT2D eigenvalue weighted by atomic mass is 10.0. The maximum atomic E-state index is 14.2. The Balaban J connectivity index is 2.63. The average Bonchev–Trinajstić information content (AvgIpc) is 3.24. The lowest BCUT2D eigenvalue weighted by Gasteiger charge is -2.13. The van der Waals surface area contributed by atoms with Crippen molar-refractivity contribution in [2.24, 2.45) is 10.7 Å². The number of hydrogen-bond donors (Lipinski definition) is 1. The molecule has 0 atom stereocenters. The van der Waals surface area contributed by atoms with E-state index in [0.29, 0.717) is 0 Å². The molecule has 104 valence electrons. The number of allylic oxidation sites excluding steroid dienone is 1. The van der Waals surface area contributed by atoms with Crippen LogP contribution in [0.3, 0.4) is 0 Å². The van der Waals surface area contributed by atoms with Gasteiger partial charge in [0.1, 0.15) is 17.4 Å². The van der Waals surface area contributed by atoms with E-state index in [2.05, 4.69) is 4.99 Å². The number of halogens is 2. The normalized spacial score (nSPS) is 15.4. The van der Waals surface area contributed by atoms with Crippen molar-refractivity contribution in [2.75, 3.05) is 7.05 Å². The number of ether oxygens (including phenoxy) is 1. The molecule has 0 amide bonds. The lowest BCUT2D eigenvalue weighted by molar-refractivity contribution is 0.302. The van der Waals surface area contributed by atoms with Crippen molar-refractivity contribution >= 4 is 17.3 Å². The molecule has 0 saturated heterocycles. The molecule has 1 aromatic rings. The van der Waals surface area contributed by atoms with Crippen molar-refractivity contribution in [1.82, 2.24) is 0 Å². The monoisotopic (exact) mass is 293 g/mol. The molecule has 0 spiro atoms. The molecule has 1 saturated carbocycles. The molecule has 1 fully saturated rings. The Morgan fingerprint density at radius 2 is 2.35 bits per heavy atom. The first-order chi connectivity index (χ1) is 9.62. The zero-order chi connectivity index (χ0) is 14.7. The van der Waals surface area contributed by atoms with Crippen LogP contribution in [0, 0.1) is 17.1 Å². The van der Waals surface area contributed by atoms with Gasteiger partial charge in [-0.15, -0.1) is 0 Å². The topological polar surface area (TPSA) is 71.4 Å². The average molecular weight is 294 g/mol. The third-order valence-corrected chi connectivity index (χ3v) is 3.14. The van der Waals surface area contributed by atoms with Gasteiger partial charge < -0.3 is 10.5 Å². The van der Waals surface area contributed by atoms with Crippen LogP contribution in [0.25, 0.3) is 0 Å². The third kappa shape index (κ3) is 2.75. The number of nitrogens with zero attached hydrogens (tertiary/aromatic N) is 2. The molecule has 0 heterocycles. The van der Waals surface area contributed by atoms with Crippen molar-refractivity contribution in [3.05, 3.63) is 40.3 Å². The number of rotatable bonds is 4. The van der Waals surface area contributed by atoms with Gasteiger partial charge in [-0.2, -0.15) is 5.26 Å². The molecule has 6 heteroatoms. The minimum atomic E-state index is -0.704. The van der Waals surface area contributed by atoms with E-state index in [1.165, 1.54) is 25.4 Å². The number of hydrogen-bond acceptors (Lipinski definition) is 4. The van der Waals surface area contributed by atoms with Crippen LogP contribution in [-0.4, -0.2) is 18.9 Å². The Morgan fingerprint density at radius 1 is 1.65 bits per heavy atom. The molecule has 2 rings (SSSR count). The van der Waals surface area contributed by atoms with Crippen LogP contribution in [0.2, 0.25) is 5.02 Å². The summed E-state index contributed by atoms with van der Waals surface area (Å²) in [7, 11) is 1.48. The first-order valence-corrected chi connectivity index (χ1v) is 6.44. The Hall–Kier alpha value is -2.06. The van der Waals surface area contributed by atoms with Gasteiger partial charge in [0.2, 0.25) is 0 Å². The van der Waals surface area contributed by atoms with Crippen LogP contribution >= 0.6 is 11.6 Å².